The van der Waals surface area contributed by atoms with Crippen LogP contribution in [0.15, 0.2) is 11.4 Å². The lowest BCUT2D eigenvalue weighted by Gasteiger charge is -1.83. The van der Waals surface area contributed by atoms with Gasteiger partial charge in [0.15, 0.2) is 10.7 Å². The number of carbonyl (C=O) groups is 1. The van der Waals surface area contributed by atoms with Gasteiger partial charge in [-0.15, -0.1) is 11.3 Å². The zero-order valence-corrected chi connectivity index (χ0v) is 5.79. The topological polar surface area (TPSA) is 40.0 Å². The summed E-state index contributed by atoms with van der Waals surface area (Å²) < 4.78 is 0. The van der Waals surface area contributed by atoms with Crippen LogP contribution in [0.2, 0.25) is 0 Å². The molecule has 2 N–H and O–H groups in total. The number of Topliss-reactive ketones (excluding diaryl/α,β-unsaturated/α-hetero) is 1. The van der Waals surface area contributed by atoms with Gasteiger partial charge in [-0.1, -0.05) is 0 Å². The smallest absolute Gasteiger partial charge is 0.275 e. The number of carbonyl (C=O) groups excluding carboxylic acids is 1. The Hall–Kier alpha value is -0.830. The molecule has 0 fully saturated rings. The molecule has 9 heavy (non-hydrogen) atoms. The highest BCUT2D eigenvalue weighted by molar-refractivity contribution is 7.12. The molecule has 0 spiro atoms. The van der Waals surface area contributed by atoms with Gasteiger partial charge in [0.05, 0.1) is 0 Å². The SMILES string of the molecule is CC(=O)c1sccc1[OH2+]. The molecule has 0 unspecified atom stereocenters. The van der Waals surface area contributed by atoms with Gasteiger partial charge < -0.3 is 5.11 Å². The molecule has 0 saturated carbocycles. The average Bonchev–Trinajstić information content (AvgIpc) is 2.13. The van der Waals surface area contributed by atoms with Gasteiger partial charge >= 0.3 is 0 Å². The fourth-order valence-electron chi connectivity index (χ4n) is 0.582. The first kappa shape index (κ1) is 6.29. The van der Waals surface area contributed by atoms with Crippen LogP contribution in [0.3, 0.4) is 0 Å². The van der Waals surface area contributed by atoms with E-state index < -0.39 is 0 Å². The van der Waals surface area contributed by atoms with E-state index in [1.54, 1.807) is 11.4 Å². The standard InChI is InChI=1S/C6H6O2S/c1-4(7)6-5(8)2-3-9-6/h2-3,8H,1H3/p+1. The highest BCUT2D eigenvalue weighted by atomic mass is 32.1. The quantitative estimate of drug-likeness (QED) is 0.432. The van der Waals surface area contributed by atoms with Crippen molar-refractivity contribution in [2.45, 2.75) is 6.92 Å². The maximum atomic E-state index is 10.6. The molecule has 0 bridgehead atoms. The summed E-state index contributed by atoms with van der Waals surface area (Å²) in [5.74, 6) is 0.322. The van der Waals surface area contributed by atoms with Crippen LogP contribution < -0.4 is 0 Å². The van der Waals surface area contributed by atoms with E-state index in [2.05, 4.69) is 0 Å². The second kappa shape index (κ2) is 2.19. The third-order valence-corrected chi connectivity index (χ3v) is 2.00. The molecular formula is C6H7O2S+. The summed E-state index contributed by atoms with van der Waals surface area (Å²) >= 11 is 1.32. The maximum Gasteiger partial charge on any atom is 0.275 e. The largest absolute Gasteiger partial charge is 0.592 e. The van der Waals surface area contributed by atoms with Crippen molar-refractivity contribution in [3.63, 3.8) is 0 Å². The van der Waals surface area contributed by atoms with Gasteiger partial charge in [-0.05, 0) is 0 Å². The van der Waals surface area contributed by atoms with Crippen molar-refractivity contribution in [2.75, 3.05) is 0 Å². The number of hydrogen-bond acceptors (Lipinski definition) is 2. The molecule has 0 saturated heterocycles. The molecule has 1 heterocycles. The Labute approximate surface area is 56.8 Å². The van der Waals surface area contributed by atoms with Crippen molar-refractivity contribution >= 4 is 17.1 Å². The average molecular weight is 143 g/mol. The number of thiophene rings is 1. The Kier molecular flexibility index (Phi) is 1.53. The van der Waals surface area contributed by atoms with Crippen LogP contribution in [0.25, 0.3) is 0 Å². The predicted octanol–water partition coefficient (Wildman–Crippen LogP) is 1.39. The van der Waals surface area contributed by atoms with E-state index in [4.69, 9.17) is 5.11 Å². The highest BCUT2D eigenvalue weighted by Gasteiger charge is 2.10. The van der Waals surface area contributed by atoms with Crippen LogP contribution in [0, 0.1) is 0 Å². The minimum absolute atomic E-state index is 0.0185. The summed E-state index contributed by atoms with van der Waals surface area (Å²) in [7, 11) is 0. The highest BCUT2D eigenvalue weighted by Crippen LogP contribution is 2.22. The van der Waals surface area contributed by atoms with Gasteiger partial charge in [0.2, 0.25) is 0 Å². The Balaban J connectivity index is 3.08. The summed E-state index contributed by atoms with van der Waals surface area (Å²) in [5.41, 5.74) is 0. The summed E-state index contributed by atoms with van der Waals surface area (Å²) in [6.07, 6.45) is 0. The van der Waals surface area contributed by atoms with Crippen molar-refractivity contribution in [1.82, 2.24) is 0 Å². The van der Waals surface area contributed by atoms with E-state index in [1.807, 2.05) is 0 Å². The zero-order valence-electron chi connectivity index (χ0n) is 4.97. The lowest BCUT2D eigenvalue weighted by atomic mass is 10.3. The molecule has 0 aliphatic carbocycles. The van der Waals surface area contributed by atoms with Crippen LogP contribution in [-0.2, 0) is 0 Å². The minimum Gasteiger partial charge on any atom is -0.592 e. The molecule has 0 aliphatic rings. The second-order valence-electron chi connectivity index (χ2n) is 1.72. The number of hydrogen-bond donors (Lipinski definition) is 0. The molecule has 0 radical (unpaired) electrons. The first-order valence-corrected chi connectivity index (χ1v) is 3.40. The van der Waals surface area contributed by atoms with E-state index in [1.165, 1.54) is 18.3 Å². The lowest BCUT2D eigenvalue weighted by Crippen LogP contribution is -1.84. The van der Waals surface area contributed by atoms with Gasteiger partial charge in [0.1, 0.15) is 0 Å². The van der Waals surface area contributed by atoms with Crippen molar-refractivity contribution in [1.29, 1.82) is 0 Å². The van der Waals surface area contributed by atoms with E-state index in [-0.39, 0.29) is 5.78 Å². The van der Waals surface area contributed by atoms with E-state index in [0.29, 0.717) is 10.6 Å². The van der Waals surface area contributed by atoms with E-state index in [9.17, 15) is 4.79 Å². The van der Waals surface area contributed by atoms with Gasteiger partial charge in [0.25, 0.3) is 5.75 Å². The Morgan fingerprint density at radius 3 is 2.67 bits per heavy atom. The monoisotopic (exact) mass is 143 g/mol. The van der Waals surface area contributed by atoms with E-state index >= 15 is 0 Å². The van der Waals surface area contributed by atoms with Gasteiger partial charge in [-0.3, -0.25) is 4.79 Å². The third kappa shape index (κ3) is 1.10. The summed E-state index contributed by atoms with van der Waals surface area (Å²) in [6, 6.07) is 1.63. The summed E-state index contributed by atoms with van der Waals surface area (Å²) in [5, 5.41) is 8.92. The molecule has 2 nitrogen and oxygen atoms in total. The van der Waals surface area contributed by atoms with Gasteiger partial charge in [0, 0.05) is 18.4 Å². The number of rotatable bonds is 1. The third-order valence-electron chi connectivity index (χ3n) is 0.985. The van der Waals surface area contributed by atoms with E-state index in [0.717, 1.165) is 0 Å². The van der Waals surface area contributed by atoms with Crippen molar-refractivity contribution in [3.8, 4) is 5.75 Å². The van der Waals surface area contributed by atoms with Crippen LogP contribution in [0.1, 0.15) is 16.6 Å². The van der Waals surface area contributed by atoms with Crippen LogP contribution >= 0.6 is 11.3 Å². The predicted molar refractivity (Wildman–Crippen MR) is 37.4 cm³/mol. The molecule has 0 atom stereocenters. The molecule has 48 valence electrons. The number of ketones is 1. The fraction of sp³-hybridized carbons (Fsp3) is 0.167. The van der Waals surface area contributed by atoms with Crippen molar-refractivity contribution in [3.05, 3.63) is 16.3 Å². The fourth-order valence-corrected chi connectivity index (χ4v) is 1.28. The summed E-state index contributed by atoms with van der Waals surface area (Å²) in [6.45, 7) is 1.48. The molecule has 1 aromatic heterocycles. The summed E-state index contributed by atoms with van der Waals surface area (Å²) in [4.78, 5) is 11.2. The Bertz CT molecular complexity index is 227. The first-order valence-electron chi connectivity index (χ1n) is 2.52. The minimum atomic E-state index is -0.0185. The zero-order chi connectivity index (χ0) is 6.85. The molecule has 1 rings (SSSR count). The van der Waals surface area contributed by atoms with Crippen molar-refractivity contribution < 1.29 is 9.90 Å². The Morgan fingerprint density at radius 1 is 1.78 bits per heavy atom. The molecule has 3 heteroatoms. The normalized spacial score (nSPS) is 9.44. The Morgan fingerprint density at radius 2 is 2.44 bits per heavy atom. The van der Waals surface area contributed by atoms with Gasteiger partial charge in [-0.2, -0.15) is 0 Å². The first-order chi connectivity index (χ1) is 4.22. The van der Waals surface area contributed by atoms with Crippen LogP contribution in [-0.4, -0.2) is 10.9 Å². The van der Waals surface area contributed by atoms with Crippen LogP contribution in [0.5, 0.6) is 5.75 Å². The van der Waals surface area contributed by atoms with Crippen molar-refractivity contribution in [2.24, 2.45) is 0 Å². The van der Waals surface area contributed by atoms with Gasteiger partial charge in [-0.25, -0.2) is 0 Å². The second-order valence-corrected chi connectivity index (χ2v) is 2.64. The van der Waals surface area contributed by atoms with Crippen LogP contribution in [0.4, 0.5) is 0 Å². The molecule has 0 amide bonds. The molecular weight excluding hydrogens is 136 g/mol. The maximum absolute atomic E-state index is 10.6. The molecule has 0 aromatic carbocycles. The molecule has 0 aliphatic heterocycles. The lowest BCUT2D eigenvalue weighted by molar-refractivity contribution is 0.101. The molecule has 1 aromatic rings.